The zero-order valence-corrected chi connectivity index (χ0v) is 6.24. The molecule has 0 heterocycles. The first-order valence-electron chi connectivity index (χ1n) is 2.42. The first kappa shape index (κ1) is 8.14. The molecule has 0 atom stereocenters. The summed E-state index contributed by atoms with van der Waals surface area (Å²) in [6.45, 7) is 5.13. The molecule has 0 radical (unpaired) electrons. The molecule has 8 heavy (non-hydrogen) atoms. The molecule has 0 aliphatic carbocycles. The summed E-state index contributed by atoms with van der Waals surface area (Å²) in [7, 11) is 0. The second kappa shape index (κ2) is 5.28. The molecule has 48 valence electrons. The highest BCUT2D eigenvalue weighted by molar-refractivity contribution is 9.11. The first-order valence-corrected chi connectivity index (χ1v) is 3.21. The van der Waals surface area contributed by atoms with E-state index in [9.17, 15) is 0 Å². The van der Waals surface area contributed by atoms with Crippen LogP contribution in [0.25, 0.3) is 0 Å². The maximum Gasteiger partial charge on any atom is 0.0556 e. The van der Waals surface area contributed by atoms with Crippen LogP contribution < -0.4 is 5.32 Å². The summed E-state index contributed by atoms with van der Waals surface area (Å²) in [6.07, 6.45) is 0. The Morgan fingerprint density at radius 2 is 2.38 bits per heavy atom. The average molecular weight is 180 g/mol. The quantitative estimate of drug-likeness (QED) is 0.616. The average Bonchev–Trinajstić information content (AvgIpc) is 1.66. The first-order chi connectivity index (χ1) is 3.77. The summed E-state index contributed by atoms with van der Waals surface area (Å²) in [5.41, 5.74) is 0. The summed E-state index contributed by atoms with van der Waals surface area (Å²) >= 11 is 3.17. The van der Waals surface area contributed by atoms with Crippen LogP contribution in [0.4, 0.5) is 0 Å². The maximum absolute atomic E-state index is 8.27. The smallest absolute Gasteiger partial charge is 0.0556 e. The van der Waals surface area contributed by atoms with Crippen LogP contribution in [0, 0.1) is 0 Å². The van der Waals surface area contributed by atoms with Gasteiger partial charge >= 0.3 is 0 Å². The standard InChI is InChI=1S/C5H10BrNO/c1-5(6)4-7-2-3-8/h7-8H,1-4H2. The van der Waals surface area contributed by atoms with Crippen molar-refractivity contribution in [3.8, 4) is 0 Å². The topological polar surface area (TPSA) is 32.3 Å². The number of hydrogen-bond acceptors (Lipinski definition) is 2. The molecule has 0 aromatic carbocycles. The van der Waals surface area contributed by atoms with E-state index in [0.717, 1.165) is 11.0 Å². The van der Waals surface area contributed by atoms with E-state index < -0.39 is 0 Å². The SMILES string of the molecule is C=C(Br)CNCCO. The van der Waals surface area contributed by atoms with E-state index in [2.05, 4.69) is 27.8 Å². The Bertz CT molecular complexity index is 74.8. The predicted octanol–water partition coefficient (Wildman–Crippen LogP) is 0.477. The van der Waals surface area contributed by atoms with Crippen molar-refractivity contribution in [1.82, 2.24) is 5.32 Å². The largest absolute Gasteiger partial charge is 0.395 e. The zero-order chi connectivity index (χ0) is 6.41. The minimum absolute atomic E-state index is 0.181. The second-order valence-electron chi connectivity index (χ2n) is 1.42. The number of rotatable bonds is 4. The van der Waals surface area contributed by atoms with Gasteiger partial charge in [0.2, 0.25) is 0 Å². The van der Waals surface area contributed by atoms with Gasteiger partial charge in [-0.1, -0.05) is 22.5 Å². The molecule has 0 saturated heterocycles. The van der Waals surface area contributed by atoms with Gasteiger partial charge in [0, 0.05) is 17.6 Å². The molecular weight excluding hydrogens is 170 g/mol. The lowest BCUT2D eigenvalue weighted by Gasteiger charge is -1.97. The van der Waals surface area contributed by atoms with Crippen molar-refractivity contribution in [3.63, 3.8) is 0 Å². The molecule has 2 nitrogen and oxygen atoms in total. The molecule has 0 fully saturated rings. The van der Waals surface area contributed by atoms with Crippen molar-refractivity contribution in [2.75, 3.05) is 19.7 Å². The van der Waals surface area contributed by atoms with Gasteiger partial charge in [0.25, 0.3) is 0 Å². The Balaban J connectivity index is 2.82. The minimum Gasteiger partial charge on any atom is -0.395 e. The van der Waals surface area contributed by atoms with E-state index in [1.165, 1.54) is 0 Å². The van der Waals surface area contributed by atoms with Crippen LogP contribution in [0.2, 0.25) is 0 Å². The van der Waals surface area contributed by atoms with Crippen molar-refractivity contribution in [2.45, 2.75) is 0 Å². The van der Waals surface area contributed by atoms with E-state index in [1.807, 2.05) is 0 Å². The van der Waals surface area contributed by atoms with Crippen molar-refractivity contribution in [3.05, 3.63) is 11.1 Å². The van der Waals surface area contributed by atoms with Crippen molar-refractivity contribution in [2.24, 2.45) is 0 Å². The van der Waals surface area contributed by atoms with Crippen LogP contribution in [-0.2, 0) is 0 Å². The second-order valence-corrected chi connectivity index (χ2v) is 2.54. The summed E-state index contributed by atoms with van der Waals surface area (Å²) in [5.74, 6) is 0. The van der Waals surface area contributed by atoms with Crippen LogP contribution in [0.15, 0.2) is 11.1 Å². The summed E-state index contributed by atoms with van der Waals surface area (Å²) in [6, 6.07) is 0. The third kappa shape index (κ3) is 6.14. The lowest BCUT2D eigenvalue weighted by molar-refractivity contribution is 0.294. The van der Waals surface area contributed by atoms with E-state index in [-0.39, 0.29) is 6.61 Å². The minimum atomic E-state index is 0.181. The Kier molecular flexibility index (Phi) is 5.37. The molecule has 0 aliphatic rings. The predicted molar refractivity (Wildman–Crippen MR) is 38.0 cm³/mol. The fourth-order valence-corrected chi connectivity index (χ4v) is 0.501. The summed E-state index contributed by atoms with van der Waals surface area (Å²) < 4.78 is 0.908. The molecule has 0 bridgehead atoms. The summed E-state index contributed by atoms with van der Waals surface area (Å²) in [4.78, 5) is 0. The molecule has 3 heteroatoms. The van der Waals surface area contributed by atoms with Gasteiger partial charge in [0.05, 0.1) is 6.61 Å². The van der Waals surface area contributed by atoms with Gasteiger partial charge in [-0.2, -0.15) is 0 Å². The molecule has 0 aromatic rings. The molecule has 0 amide bonds. The lowest BCUT2D eigenvalue weighted by atomic mass is 10.6. The maximum atomic E-state index is 8.27. The highest BCUT2D eigenvalue weighted by Crippen LogP contribution is 1.95. The molecule has 0 spiro atoms. The van der Waals surface area contributed by atoms with Crippen LogP contribution in [-0.4, -0.2) is 24.8 Å². The monoisotopic (exact) mass is 179 g/mol. The van der Waals surface area contributed by atoms with Crippen LogP contribution in [0.1, 0.15) is 0 Å². The molecule has 0 saturated carbocycles. The van der Waals surface area contributed by atoms with Crippen molar-refractivity contribution in [1.29, 1.82) is 0 Å². The van der Waals surface area contributed by atoms with Gasteiger partial charge < -0.3 is 10.4 Å². The normalized spacial score (nSPS) is 9.25. The van der Waals surface area contributed by atoms with Crippen LogP contribution >= 0.6 is 15.9 Å². The van der Waals surface area contributed by atoms with E-state index >= 15 is 0 Å². The Hall–Kier alpha value is 0.140. The van der Waals surface area contributed by atoms with Crippen molar-refractivity contribution >= 4 is 15.9 Å². The van der Waals surface area contributed by atoms with Crippen LogP contribution in [0.5, 0.6) is 0 Å². The molecule has 0 aromatic heterocycles. The van der Waals surface area contributed by atoms with E-state index in [4.69, 9.17) is 5.11 Å². The van der Waals surface area contributed by atoms with Gasteiger partial charge in [-0.25, -0.2) is 0 Å². The fraction of sp³-hybridized carbons (Fsp3) is 0.600. The van der Waals surface area contributed by atoms with Gasteiger partial charge in [-0.3, -0.25) is 0 Å². The third-order valence-electron chi connectivity index (χ3n) is 0.605. The Labute approximate surface area is 57.7 Å². The highest BCUT2D eigenvalue weighted by atomic mass is 79.9. The van der Waals surface area contributed by atoms with Crippen molar-refractivity contribution < 1.29 is 5.11 Å². The zero-order valence-electron chi connectivity index (χ0n) is 4.65. The third-order valence-corrected chi connectivity index (χ3v) is 0.886. The van der Waals surface area contributed by atoms with Gasteiger partial charge in [0.1, 0.15) is 0 Å². The molecule has 0 aliphatic heterocycles. The summed E-state index contributed by atoms with van der Waals surface area (Å²) in [5, 5.41) is 11.2. The fourth-order valence-electron chi connectivity index (χ4n) is 0.303. The Morgan fingerprint density at radius 3 is 2.75 bits per heavy atom. The molecule has 0 rings (SSSR count). The number of halogens is 1. The van der Waals surface area contributed by atoms with E-state index in [1.54, 1.807) is 0 Å². The lowest BCUT2D eigenvalue weighted by Crippen LogP contribution is -2.18. The van der Waals surface area contributed by atoms with Gasteiger partial charge in [0.15, 0.2) is 0 Å². The molecular formula is C5H10BrNO. The van der Waals surface area contributed by atoms with Gasteiger partial charge in [-0.15, -0.1) is 0 Å². The van der Waals surface area contributed by atoms with Crippen LogP contribution in [0.3, 0.4) is 0 Å². The number of aliphatic hydroxyl groups excluding tert-OH is 1. The molecule has 2 N–H and O–H groups in total. The number of hydrogen-bond donors (Lipinski definition) is 2. The highest BCUT2D eigenvalue weighted by Gasteiger charge is 1.83. The van der Waals surface area contributed by atoms with Gasteiger partial charge in [-0.05, 0) is 0 Å². The number of aliphatic hydroxyl groups is 1. The molecule has 0 unspecified atom stereocenters. The van der Waals surface area contributed by atoms with E-state index in [0.29, 0.717) is 6.54 Å². The number of nitrogens with one attached hydrogen (secondary N) is 1. The Morgan fingerprint density at radius 1 is 1.75 bits per heavy atom.